The fourth-order valence-corrected chi connectivity index (χ4v) is 9.17. The summed E-state index contributed by atoms with van der Waals surface area (Å²) in [6.45, 7) is 0. The molecule has 50 heavy (non-hydrogen) atoms. The zero-order chi connectivity index (χ0) is 33.0. The van der Waals surface area contributed by atoms with Gasteiger partial charge in [-0.05, 0) is 23.8 Å². The van der Waals surface area contributed by atoms with E-state index in [1.807, 2.05) is 30.3 Å². The van der Waals surface area contributed by atoms with Gasteiger partial charge in [0, 0.05) is 52.5 Å². The second-order valence-electron chi connectivity index (χ2n) is 12.2. The molecule has 0 saturated carbocycles. The molecule has 236 valence electrons. The lowest BCUT2D eigenvalue weighted by Gasteiger charge is -2.24. The number of aromatic nitrogens is 2. The average molecular weight is 678 g/mol. The number of hydrogen-bond donors (Lipinski definition) is 1. The van der Waals surface area contributed by atoms with E-state index < -0.39 is 0 Å². The highest BCUT2D eigenvalue weighted by molar-refractivity contribution is 7.26. The Balaban J connectivity index is 1.24. The Morgan fingerprint density at radius 2 is 1.14 bits per heavy atom. The average Bonchev–Trinajstić information content (AvgIpc) is 3.77. The van der Waals surface area contributed by atoms with Crippen molar-refractivity contribution in [1.29, 1.82) is 0 Å². The molecule has 10 rings (SSSR count). The third-order valence-corrected chi connectivity index (χ3v) is 11.5. The van der Waals surface area contributed by atoms with Gasteiger partial charge in [0.1, 0.15) is 12.0 Å². The van der Waals surface area contributed by atoms with Gasteiger partial charge >= 0.3 is 0 Å². The molecule has 7 heteroatoms. The van der Waals surface area contributed by atoms with Crippen LogP contribution in [0, 0.1) is 0 Å². The van der Waals surface area contributed by atoms with Gasteiger partial charge in [-0.15, -0.1) is 22.7 Å². The second-order valence-corrected chi connectivity index (χ2v) is 14.4. The van der Waals surface area contributed by atoms with E-state index in [1.54, 1.807) is 22.7 Å². The topological polar surface area (TPSA) is 62.5 Å². The molecule has 0 spiro atoms. The number of benzene rings is 6. The Kier molecular flexibility index (Phi) is 6.85. The van der Waals surface area contributed by atoms with Gasteiger partial charge in [0.05, 0.1) is 15.9 Å². The summed E-state index contributed by atoms with van der Waals surface area (Å²) in [5.41, 5.74) is 7.09. The summed E-state index contributed by atoms with van der Waals surface area (Å²) in [5.74, 6) is 2.21. The molecular formula is C43H27N5S2. The molecule has 9 aromatic rings. The maximum atomic E-state index is 5.35. The van der Waals surface area contributed by atoms with E-state index in [0.717, 1.165) is 65.7 Å². The van der Waals surface area contributed by atoms with Gasteiger partial charge in [-0.1, -0.05) is 133 Å². The fourth-order valence-electron chi connectivity index (χ4n) is 6.86. The van der Waals surface area contributed by atoms with E-state index in [1.165, 1.54) is 14.1 Å². The van der Waals surface area contributed by atoms with Crippen LogP contribution in [-0.4, -0.2) is 21.6 Å². The molecule has 5 nitrogen and oxygen atoms in total. The smallest absolute Gasteiger partial charge is 0.161 e. The largest absolute Gasteiger partial charge is 0.344 e. The number of fused-ring (bicyclic) bond motifs is 6. The first kappa shape index (κ1) is 28.9. The van der Waals surface area contributed by atoms with Crippen LogP contribution in [-0.2, 0) is 0 Å². The van der Waals surface area contributed by atoms with Crippen molar-refractivity contribution in [3.8, 4) is 22.6 Å². The first-order valence-electron chi connectivity index (χ1n) is 16.5. The van der Waals surface area contributed by atoms with Gasteiger partial charge in [0.25, 0.3) is 0 Å². The molecule has 0 saturated heterocycles. The third kappa shape index (κ3) is 4.82. The zero-order valence-electron chi connectivity index (χ0n) is 26.6. The Morgan fingerprint density at radius 1 is 0.520 bits per heavy atom. The molecule has 4 heterocycles. The van der Waals surface area contributed by atoms with Gasteiger partial charge in [-0.2, -0.15) is 0 Å². The van der Waals surface area contributed by atoms with Crippen molar-refractivity contribution < 1.29 is 0 Å². The Hall–Kier alpha value is -6.02. The van der Waals surface area contributed by atoms with Crippen LogP contribution in [0.4, 0.5) is 0 Å². The molecule has 6 aromatic carbocycles. The molecule has 0 aliphatic carbocycles. The standard InChI is InChI=1S/C43H27N5S2/c1-4-14-26(15-5-1)37-39-38(29-20-10-11-23-32(29)50-39)45-42(44-37)30-21-12-24-33-35(30)36-31(22-13-25-34(36)49-33)43-47-40(27-16-6-2-7-17-27)46-41(48-43)28-18-8-3-9-19-28/h1-25,40H,(H,46,47,48). The van der Waals surface area contributed by atoms with Crippen LogP contribution in [0.3, 0.4) is 0 Å². The van der Waals surface area contributed by atoms with Crippen molar-refractivity contribution in [3.05, 3.63) is 168 Å². The van der Waals surface area contributed by atoms with E-state index in [2.05, 4.69) is 127 Å². The highest BCUT2D eigenvalue weighted by Gasteiger charge is 2.25. The summed E-state index contributed by atoms with van der Waals surface area (Å²) < 4.78 is 4.65. The summed E-state index contributed by atoms with van der Waals surface area (Å²) >= 11 is 3.53. The van der Waals surface area contributed by atoms with E-state index in [9.17, 15) is 0 Å². The number of thiophene rings is 2. The Labute approximate surface area is 296 Å². The molecule has 0 fully saturated rings. The van der Waals surface area contributed by atoms with Crippen LogP contribution in [0.15, 0.2) is 162 Å². The molecule has 0 radical (unpaired) electrons. The quantitative estimate of drug-likeness (QED) is 0.197. The number of nitrogens with one attached hydrogen (secondary N) is 1. The SMILES string of the molecule is c1ccc(C2=NC(c3cccc4sc5cccc(-c6nc(-c7ccccc7)c7sc8ccccc8c7n6)c5c34)=NC(c3ccccc3)N2)cc1. The van der Waals surface area contributed by atoms with Gasteiger partial charge in [0.2, 0.25) is 0 Å². The molecule has 1 N–H and O–H groups in total. The summed E-state index contributed by atoms with van der Waals surface area (Å²) in [6.07, 6.45) is -0.287. The Bertz CT molecular complexity index is 2780. The number of nitrogens with zero attached hydrogens (tertiary/aromatic N) is 4. The summed E-state index contributed by atoms with van der Waals surface area (Å²) in [6, 6.07) is 52.5. The minimum atomic E-state index is -0.287. The summed E-state index contributed by atoms with van der Waals surface area (Å²) in [4.78, 5) is 21.1. The van der Waals surface area contributed by atoms with Crippen molar-refractivity contribution in [2.24, 2.45) is 9.98 Å². The van der Waals surface area contributed by atoms with Crippen LogP contribution < -0.4 is 5.32 Å². The van der Waals surface area contributed by atoms with Crippen LogP contribution >= 0.6 is 22.7 Å². The number of aliphatic imine (C=N–C) groups is 2. The van der Waals surface area contributed by atoms with E-state index in [0.29, 0.717) is 11.7 Å². The van der Waals surface area contributed by atoms with Crippen molar-refractivity contribution in [2.45, 2.75) is 6.17 Å². The lowest BCUT2D eigenvalue weighted by atomic mass is 10.00. The highest BCUT2D eigenvalue weighted by Crippen LogP contribution is 2.44. The molecule has 0 bridgehead atoms. The minimum absolute atomic E-state index is 0.287. The molecule has 1 aliphatic rings. The van der Waals surface area contributed by atoms with Crippen molar-refractivity contribution in [1.82, 2.24) is 15.3 Å². The monoisotopic (exact) mass is 677 g/mol. The summed E-state index contributed by atoms with van der Waals surface area (Å²) in [5, 5.41) is 6.99. The van der Waals surface area contributed by atoms with Gasteiger partial charge in [-0.3, -0.25) is 0 Å². The number of rotatable bonds is 5. The van der Waals surface area contributed by atoms with E-state index in [4.69, 9.17) is 20.0 Å². The number of amidine groups is 2. The lowest BCUT2D eigenvalue weighted by Crippen LogP contribution is -2.33. The molecule has 3 aromatic heterocycles. The lowest BCUT2D eigenvalue weighted by molar-refractivity contribution is 0.674. The third-order valence-electron chi connectivity index (χ3n) is 9.18. The predicted molar refractivity (Wildman–Crippen MR) is 211 cm³/mol. The fraction of sp³-hybridized carbons (Fsp3) is 0.0233. The maximum Gasteiger partial charge on any atom is 0.161 e. The molecule has 1 aliphatic heterocycles. The van der Waals surface area contributed by atoms with Gasteiger partial charge < -0.3 is 5.32 Å². The Morgan fingerprint density at radius 3 is 1.90 bits per heavy atom. The van der Waals surface area contributed by atoms with Crippen molar-refractivity contribution in [3.63, 3.8) is 0 Å². The van der Waals surface area contributed by atoms with Crippen LogP contribution in [0.25, 0.3) is 63.1 Å². The van der Waals surface area contributed by atoms with Gasteiger partial charge in [-0.25, -0.2) is 20.0 Å². The minimum Gasteiger partial charge on any atom is -0.344 e. The molecule has 1 unspecified atom stereocenters. The molecule has 0 amide bonds. The second kappa shape index (κ2) is 11.8. The van der Waals surface area contributed by atoms with Crippen LogP contribution in [0.2, 0.25) is 0 Å². The normalized spacial score (nSPS) is 14.6. The van der Waals surface area contributed by atoms with Gasteiger partial charge in [0.15, 0.2) is 11.7 Å². The van der Waals surface area contributed by atoms with Crippen molar-refractivity contribution in [2.75, 3.05) is 0 Å². The zero-order valence-corrected chi connectivity index (χ0v) is 28.2. The maximum absolute atomic E-state index is 5.35. The van der Waals surface area contributed by atoms with Crippen molar-refractivity contribution >= 4 is 74.8 Å². The van der Waals surface area contributed by atoms with E-state index in [-0.39, 0.29) is 6.17 Å². The van der Waals surface area contributed by atoms with Crippen LogP contribution in [0.5, 0.6) is 0 Å². The predicted octanol–water partition coefficient (Wildman–Crippen LogP) is 11.0. The number of hydrogen-bond acceptors (Lipinski definition) is 7. The molecule has 1 atom stereocenters. The first-order chi connectivity index (χ1) is 24.8. The first-order valence-corrected chi connectivity index (χ1v) is 18.1. The molecular weight excluding hydrogens is 651 g/mol. The highest BCUT2D eigenvalue weighted by atomic mass is 32.1. The van der Waals surface area contributed by atoms with E-state index >= 15 is 0 Å². The van der Waals surface area contributed by atoms with Crippen LogP contribution in [0.1, 0.15) is 22.9 Å². The summed E-state index contributed by atoms with van der Waals surface area (Å²) in [7, 11) is 0.